The molecule has 1 saturated heterocycles. The standard InChI is InChI=1S/C10H19NS/c1-2-9(3-1)4-6-11-10-5-7-12-8-10/h9-11H,1-8H2. The van der Waals surface area contributed by atoms with Crippen LogP contribution >= 0.6 is 11.8 Å². The summed E-state index contributed by atoms with van der Waals surface area (Å²) in [6.45, 7) is 1.27. The minimum Gasteiger partial charge on any atom is -0.313 e. The highest BCUT2D eigenvalue weighted by Gasteiger charge is 2.18. The first-order valence-electron chi connectivity index (χ1n) is 5.26. The Morgan fingerprint density at radius 3 is 2.75 bits per heavy atom. The molecule has 0 spiro atoms. The SMILES string of the molecule is C1CC(CCNC2CCSC2)C1. The van der Waals surface area contributed by atoms with Crippen LogP contribution in [0.4, 0.5) is 0 Å². The van der Waals surface area contributed by atoms with E-state index in [0.717, 1.165) is 12.0 Å². The molecule has 1 atom stereocenters. The first-order chi connectivity index (χ1) is 5.95. The summed E-state index contributed by atoms with van der Waals surface area (Å²) in [6.07, 6.45) is 7.32. The fraction of sp³-hybridized carbons (Fsp3) is 1.00. The van der Waals surface area contributed by atoms with E-state index < -0.39 is 0 Å². The zero-order valence-corrected chi connectivity index (χ0v) is 8.54. The zero-order valence-electron chi connectivity index (χ0n) is 7.72. The Labute approximate surface area is 79.7 Å². The van der Waals surface area contributed by atoms with Crippen molar-refractivity contribution >= 4 is 11.8 Å². The van der Waals surface area contributed by atoms with Crippen LogP contribution in [0, 0.1) is 5.92 Å². The van der Waals surface area contributed by atoms with Gasteiger partial charge in [0.2, 0.25) is 0 Å². The molecule has 1 N–H and O–H groups in total. The molecule has 70 valence electrons. The highest BCUT2D eigenvalue weighted by Crippen LogP contribution is 2.29. The third kappa shape index (κ3) is 2.40. The molecule has 0 aromatic carbocycles. The maximum atomic E-state index is 3.66. The Morgan fingerprint density at radius 2 is 2.17 bits per heavy atom. The van der Waals surface area contributed by atoms with Gasteiger partial charge in [-0.3, -0.25) is 0 Å². The van der Waals surface area contributed by atoms with Gasteiger partial charge in [0.25, 0.3) is 0 Å². The van der Waals surface area contributed by atoms with E-state index in [0.29, 0.717) is 0 Å². The highest BCUT2D eigenvalue weighted by molar-refractivity contribution is 7.99. The molecule has 2 fully saturated rings. The second-order valence-electron chi connectivity index (χ2n) is 4.10. The maximum absolute atomic E-state index is 3.66. The minimum atomic E-state index is 0.843. The Balaban J connectivity index is 1.49. The minimum absolute atomic E-state index is 0.843. The van der Waals surface area contributed by atoms with Gasteiger partial charge in [-0.05, 0) is 31.1 Å². The molecule has 1 heterocycles. The molecule has 0 bridgehead atoms. The third-order valence-electron chi connectivity index (χ3n) is 3.14. The quantitative estimate of drug-likeness (QED) is 0.721. The van der Waals surface area contributed by atoms with Crippen molar-refractivity contribution in [2.75, 3.05) is 18.1 Å². The fourth-order valence-corrected chi connectivity index (χ4v) is 3.16. The van der Waals surface area contributed by atoms with Crippen LogP contribution in [0.5, 0.6) is 0 Å². The number of hydrogen-bond acceptors (Lipinski definition) is 2. The van der Waals surface area contributed by atoms with Gasteiger partial charge in [0, 0.05) is 11.8 Å². The van der Waals surface area contributed by atoms with Crippen molar-refractivity contribution in [2.24, 2.45) is 5.92 Å². The smallest absolute Gasteiger partial charge is 0.0166 e. The highest BCUT2D eigenvalue weighted by atomic mass is 32.2. The van der Waals surface area contributed by atoms with E-state index in [1.807, 2.05) is 0 Å². The normalized spacial score (nSPS) is 30.5. The molecule has 2 rings (SSSR count). The monoisotopic (exact) mass is 185 g/mol. The molecule has 1 unspecified atom stereocenters. The van der Waals surface area contributed by atoms with Gasteiger partial charge in [-0.2, -0.15) is 11.8 Å². The van der Waals surface area contributed by atoms with E-state index in [-0.39, 0.29) is 0 Å². The summed E-state index contributed by atoms with van der Waals surface area (Å²) in [5, 5.41) is 3.66. The molecule has 1 aliphatic carbocycles. The van der Waals surface area contributed by atoms with Gasteiger partial charge in [-0.15, -0.1) is 0 Å². The van der Waals surface area contributed by atoms with E-state index in [2.05, 4.69) is 17.1 Å². The predicted molar refractivity (Wildman–Crippen MR) is 55.7 cm³/mol. The molecule has 0 amide bonds. The Bertz CT molecular complexity index is 128. The summed E-state index contributed by atoms with van der Waals surface area (Å²) in [5.41, 5.74) is 0. The average molecular weight is 185 g/mol. The van der Waals surface area contributed by atoms with Crippen LogP contribution < -0.4 is 5.32 Å². The molecule has 12 heavy (non-hydrogen) atoms. The molecule has 0 aromatic rings. The molecule has 2 aliphatic rings. The largest absolute Gasteiger partial charge is 0.313 e. The van der Waals surface area contributed by atoms with Crippen LogP contribution in [0.3, 0.4) is 0 Å². The molecule has 0 radical (unpaired) electrons. The zero-order chi connectivity index (χ0) is 8.23. The number of rotatable bonds is 4. The summed E-state index contributed by atoms with van der Waals surface area (Å²) in [7, 11) is 0. The van der Waals surface area contributed by atoms with Crippen LogP contribution in [0.1, 0.15) is 32.1 Å². The number of hydrogen-bond donors (Lipinski definition) is 1. The van der Waals surface area contributed by atoms with Crippen molar-refractivity contribution in [1.29, 1.82) is 0 Å². The van der Waals surface area contributed by atoms with Crippen molar-refractivity contribution in [2.45, 2.75) is 38.1 Å². The molecular weight excluding hydrogens is 166 g/mol. The van der Waals surface area contributed by atoms with Gasteiger partial charge in [0.15, 0.2) is 0 Å². The van der Waals surface area contributed by atoms with Gasteiger partial charge < -0.3 is 5.32 Å². The van der Waals surface area contributed by atoms with Crippen LogP contribution in [0.15, 0.2) is 0 Å². The van der Waals surface area contributed by atoms with E-state index in [9.17, 15) is 0 Å². The van der Waals surface area contributed by atoms with E-state index in [4.69, 9.17) is 0 Å². The lowest BCUT2D eigenvalue weighted by Gasteiger charge is -2.25. The molecule has 1 saturated carbocycles. The number of thioether (sulfide) groups is 1. The van der Waals surface area contributed by atoms with E-state index in [1.165, 1.54) is 50.2 Å². The Hall–Kier alpha value is 0.310. The van der Waals surface area contributed by atoms with Gasteiger partial charge >= 0.3 is 0 Å². The Kier molecular flexibility index (Phi) is 3.35. The Morgan fingerprint density at radius 1 is 1.25 bits per heavy atom. The predicted octanol–water partition coefficient (Wildman–Crippen LogP) is 2.27. The summed E-state index contributed by atoms with van der Waals surface area (Å²) < 4.78 is 0. The van der Waals surface area contributed by atoms with Crippen molar-refractivity contribution in [3.05, 3.63) is 0 Å². The molecule has 0 aromatic heterocycles. The molecule has 1 aliphatic heterocycles. The van der Waals surface area contributed by atoms with Crippen LogP contribution in [0.2, 0.25) is 0 Å². The summed E-state index contributed by atoms with van der Waals surface area (Å²) in [4.78, 5) is 0. The summed E-state index contributed by atoms with van der Waals surface area (Å²) >= 11 is 2.10. The topological polar surface area (TPSA) is 12.0 Å². The lowest BCUT2D eigenvalue weighted by molar-refractivity contribution is 0.288. The van der Waals surface area contributed by atoms with Crippen molar-refractivity contribution in [3.8, 4) is 0 Å². The van der Waals surface area contributed by atoms with Crippen LogP contribution in [-0.2, 0) is 0 Å². The second kappa shape index (κ2) is 4.52. The second-order valence-corrected chi connectivity index (χ2v) is 5.25. The lowest BCUT2D eigenvalue weighted by atomic mass is 9.83. The van der Waals surface area contributed by atoms with Gasteiger partial charge in [-0.1, -0.05) is 19.3 Å². The van der Waals surface area contributed by atoms with Crippen molar-refractivity contribution in [3.63, 3.8) is 0 Å². The molecule has 1 nitrogen and oxygen atoms in total. The van der Waals surface area contributed by atoms with Gasteiger partial charge in [-0.25, -0.2) is 0 Å². The molecular formula is C10H19NS. The van der Waals surface area contributed by atoms with Crippen LogP contribution in [-0.4, -0.2) is 24.1 Å². The van der Waals surface area contributed by atoms with Crippen LogP contribution in [0.25, 0.3) is 0 Å². The fourth-order valence-electron chi connectivity index (χ4n) is 1.97. The first-order valence-corrected chi connectivity index (χ1v) is 6.42. The van der Waals surface area contributed by atoms with Crippen molar-refractivity contribution < 1.29 is 0 Å². The van der Waals surface area contributed by atoms with E-state index >= 15 is 0 Å². The maximum Gasteiger partial charge on any atom is 0.0166 e. The van der Waals surface area contributed by atoms with Gasteiger partial charge in [0.05, 0.1) is 0 Å². The summed E-state index contributed by atoms with van der Waals surface area (Å²) in [5.74, 6) is 3.80. The summed E-state index contributed by atoms with van der Waals surface area (Å²) in [6, 6.07) is 0.843. The van der Waals surface area contributed by atoms with E-state index in [1.54, 1.807) is 0 Å². The third-order valence-corrected chi connectivity index (χ3v) is 4.30. The first kappa shape index (κ1) is 8.89. The van der Waals surface area contributed by atoms with Crippen molar-refractivity contribution in [1.82, 2.24) is 5.32 Å². The lowest BCUT2D eigenvalue weighted by Crippen LogP contribution is -2.31. The van der Waals surface area contributed by atoms with Gasteiger partial charge in [0.1, 0.15) is 0 Å². The average Bonchev–Trinajstić information content (AvgIpc) is 2.46. The number of nitrogens with one attached hydrogen (secondary N) is 1. The molecule has 2 heteroatoms.